The fourth-order valence-corrected chi connectivity index (χ4v) is 1.49. The maximum atomic E-state index is 10.6. The van der Waals surface area contributed by atoms with Crippen LogP contribution in [0.4, 0.5) is 0 Å². The lowest BCUT2D eigenvalue weighted by Crippen LogP contribution is -2.27. The summed E-state index contributed by atoms with van der Waals surface area (Å²) in [6.45, 7) is 0.779. The largest absolute Gasteiger partial charge is 0.330 e. The van der Waals surface area contributed by atoms with E-state index >= 15 is 0 Å². The second kappa shape index (κ2) is 10.9. The van der Waals surface area contributed by atoms with Gasteiger partial charge < -0.3 is 10.5 Å². The lowest BCUT2D eigenvalue weighted by molar-refractivity contribution is -0.179. The summed E-state index contributed by atoms with van der Waals surface area (Å²) in [4.78, 5) is 35.5. The zero-order valence-electron chi connectivity index (χ0n) is 10.9. The second-order valence-electron chi connectivity index (χ2n) is 3.92. The van der Waals surface area contributed by atoms with Crippen LogP contribution in [0.25, 0.3) is 0 Å². The minimum Gasteiger partial charge on any atom is -0.330 e. The highest BCUT2D eigenvalue weighted by Gasteiger charge is 2.28. The van der Waals surface area contributed by atoms with Crippen LogP contribution in [0.2, 0.25) is 0 Å². The molecule has 2 N–H and O–H groups in total. The Morgan fingerprint density at radius 3 is 2.11 bits per heavy atom. The first kappa shape index (κ1) is 16.7. The number of unbranched alkanes of at least 4 members (excludes halogenated alkanes) is 4. The van der Waals surface area contributed by atoms with Crippen LogP contribution in [0.15, 0.2) is 0 Å². The number of amides is 2. The molecule has 0 unspecified atom stereocenters. The summed E-state index contributed by atoms with van der Waals surface area (Å²) < 4.78 is 0. The Kier molecular flexibility index (Phi) is 10.1. The fourth-order valence-electron chi connectivity index (χ4n) is 1.49. The molecule has 0 atom stereocenters. The van der Waals surface area contributed by atoms with Gasteiger partial charge in [-0.25, -0.2) is 0 Å². The van der Waals surface area contributed by atoms with E-state index in [4.69, 9.17) is 5.73 Å². The first-order chi connectivity index (χ1) is 8.67. The number of carbonyl (C=O) groups excluding carboxylic acids is 3. The van der Waals surface area contributed by atoms with Crippen LogP contribution in [0.1, 0.15) is 44.9 Å². The Bertz CT molecular complexity index is 253. The SMILES string of the molecule is CON1C(=O)CCC1=O.NCCCCCCC=O. The zero-order chi connectivity index (χ0) is 13.8. The summed E-state index contributed by atoms with van der Waals surface area (Å²) in [5.74, 6) is -0.495. The Hall–Kier alpha value is -1.27. The topological polar surface area (TPSA) is 89.7 Å². The quantitative estimate of drug-likeness (QED) is 0.414. The van der Waals surface area contributed by atoms with Gasteiger partial charge in [-0.1, -0.05) is 12.8 Å². The average Bonchev–Trinajstić information content (AvgIpc) is 2.69. The molecule has 6 heteroatoms. The van der Waals surface area contributed by atoms with Crippen LogP contribution in [0, 0.1) is 0 Å². The molecule has 0 radical (unpaired) electrons. The van der Waals surface area contributed by atoms with E-state index in [0.29, 0.717) is 6.42 Å². The van der Waals surface area contributed by atoms with E-state index in [-0.39, 0.29) is 24.7 Å². The molecule has 1 fully saturated rings. The van der Waals surface area contributed by atoms with Crippen molar-refractivity contribution in [1.82, 2.24) is 5.06 Å². The van der Waals surface area contributed by atoms with Crippen molar-refractivity contribution >= 4 is 18.1 Å². The third kappa shape index (κ3) is 7.13. The molecule has 0 bridgehead atoms. The van der Waals surface area contributed by atoms with Crippen molar-refractivity contribution in [3.63, 3.8) is 0 Å². The van der Waals surface area contributed by atoms with E-state index in [1.165, 1.54) is 13.5 Å². The van der Waals surface area contributed by atoms with Crippen molar-refractivity contribution in [3.05, 3.63) is 0 Å². The third-order valence-corrected chi connectivity index (χ3v) is 2.46. The summed E-state index contributed by atoms with van der Waals surface area (Å²) in [7, 11) is 1.31. The molecule has 0 aliphatic carbocycles. The maximum Gasteiger partial charge on any atom is 0.253 e. The van der Waals surface area contributed by atoms with E-state index < -0.39 is 0 Å². The van der Waals surface area contributed by atoms with Gasteiger partial charge in [0.05, 0.1) is 7.11 Å². The van der Waals surface area contributed by atoms with Crippen LogP contribution in [-0.2, 0) is 19.2 Å². The number of imide groups is 1. The molecule has 6 nitrogen and oxygen atoms in total. The Balaban J connectivity index is 0.000000321. The van der Waals surface area contributed by atoms with Crippen molar-refractivity contribution in [3.8, 4) is 0 Å². The summed E-state index contributed by atoms with van der Waals surface area (Å²) in [5.41, 5.74) is 5.27. The van der Waals surface area contributed by atoms with Gasteiger partial charge in [-0.15, -0.1) is 0 Å². The molecule has 104 valence electrons. The summed E-state index contributed by atoms with van der Waals surface area (Å²) in [6, 6.07) is 0. The van der Waals surface area contributed by atoms with E-state index in [1.54, 1.807) is 0 Å². The second-order valence-corrected chi connectivity index (χ2v) is 3.92. The first-order valence-corrected chi connectivity index (χ1v) is 6.21. The molecule has 1 aliphatic rings. The van der Waals surface area contributed by atoms with Gasteiger partial charge >= 0.3 is 0 Å². The van der Waals surface area contributed by atoms with Gasteiger partial charge in [-0.3, -0.25) is 14.4 Å². The number of hydroxylamine groups is 2. The molecule has 0 spiro atoms. The normalized spacial score (nSPS) is 14.4. The number of hydrogen-bond donors (Lipinski definition) is 1. The van der Waals surface area contributed by atoms with E-state index in [9.17, 15) is 14.4 Å². The lowest BCUT2D eigenvalue weighted by Gasteiger charge is -2.07. The number of carbonyl (C=O) groups is 3. The van der Waals surface area contributed by atoms with E-state index in [2.05, 4.69) is 4.84 Å². The molecule has 0 aromatic rings. The molecular formula is C12H22N2O4. The summed E-state index contributed by atoms with van der Waals surface area (Å²) >= 11 is 0. The molecule has 2 amide bonds. The number of nitrogens with zero attached hydrogens (tertiary/aromatic N) is 1. The molecule has 1 rings (SSSR count). The third-order valence-electron chi connectivity index (χ3n) is 2.46. The summed E-state index contributed by atoms with van der Waals surface area (Å²) in [5, 5.41) is 0.792. The van der Waals surface area contributed by atoms with Crippen LogP contribution in [0.3, 0.4) is 0 Å². The molecule has 0 saturated carbocycles. The maximum absolute atomic E-state index is 10.6. The van der Waals surface area contributed by atoms with Gasteiger partial charge in [0.2, 0.25) is 0 Å². The highest BCUT2D eigenvalue weighted by molar-refractivity contribution is 6.00. The highest BCUT2D eigenvalue weighted by atomic mass is 16.7. The molecule has 0 aromatic carbocycles. The predicted octanol–water partition coefficient (Wildman–Crippen LogP) is 0.791. The predicted molar refractivity (Wildman–Crippen MR) is 66.3 cm³/mol. The Morgan fingerprint density at radius 2 is 1.72 bits per heavy atom. The van der Waals surface area contributed by atoms with Gasteiger partial charge in [0.15, 0.2) is 0 Å². The van der Waals surface area contributed by atoms with Gasteiger partial charge in [-0.2, -0.15) is 5.06 Å². The van der Waals surface area contributed by atoms with Crippen LogP contribution < -0.4 is 5.73 Å². The van der Waals surface area contributed by atoms with Crippen molar-refractivity contribution in [1.29, 1.82) is 0 Å². The molecule has 1 saturated heterocycles. The zero-order valence-corrected chi connectivity index (χ0v) is 10.9. The number of aldehydes is 1. The Morgan fingerprint density at radius 1 is 1.17 bits per heavy atom. The van der Waals surface area contributed by atoms with Crippen molar-refractivity contribution < 1.29 is 19.2 Å². The van der Waals surface area contributed by atoms with Gasteiger partial charge in [0.1, 0.15) is 6.29 Å². The fraction of sp³-hybridized carbons (Fsp3) is 0.750. The Labute approximate surface area is 107 Å². The van der Waals surface area contributed by atoms with E-state index in [1.807, 2.05) is 0 Å². The first-order valence-electron chi connectivity index (χ1n) is 6.21. The summed E-state index contributed by atoms with van der Waals surface area (Å²) in [6.07, 6.45) is 6.70. The number of hydrogen-bond acceptors (Lipinski definition) is 5. The molecule has 0 aromatic heterocycles. The van der Waals surface area contributed by atoms with E-state index in [0.717, 1.165) is 37.2 Å². The number of rotatable bonds is 7. The molecule has 1 heterocycles. The smallest absolute Gasteiger partial charge is 0.253 e. The van der Waals surface area contributed by atoms with Crippen LogP contribution in [-0.4, -0.2) is 36.8 Å². The average molecular weight is 258 g/mol. The van der Waals surface area contributed by atoms with Crippen molar-refractivity contribution in [2.45, 2.75) is 44.9 Å². The van der Waals surface area contributed by atoms with Crippen molar-refractivity contribution in [2.24, 2.45) is 5.73 Å². The van der Waals surface area contributed by atoms with Crippen LogP contribution in [0.5, 0.6) is 0 Å². The standard InChI is InChI=1S/C7H15NO.C5H7NO3/c8-6-4-2-1-3-5-7-9;1-9-6-4(7)2-3-5(6)8/h7H,1-6,8H2;2-3H2,1H3. The van der Waals surface area contributed by atoms with Gasteiger partial charge in [0.25, 0.3) is 11.8 Å². The lowest BCUT2D eigenvalue weighted by atomic mass is 10.1. The minimum atomic E-state index is -0.248. The highest BCUT2D eigenvalue weighted by Crippen LogP contribution is 2.10. The molecular weight excluding hydrogens is 236 g/mol. The molecule has 18 heavy (non-hydrogen) atoms. The minimum absolute atomic E-state index is 0.248. The monoisotopic (exact) mass is 258 g/mol. The van der Waals surface area contributed by atoms with Crippen LogP contribution >= 0.6 is 0 Å². The van der Waals surface area contributed by atoms with Gasteiger partial charge in [0, 0.05) is 19.3 Å². The van der Waals surface area contributed by atoms with Crippen molar-refractivity contribution in [2.75, 3.05) is 13.7 Å². The molecule has 1 aliphatic heterocycles. The van der Waals surface area contributed by atoms with Gasteiger partial charge in [-0.05, 0) is 19.4 Å². The number of nitrogens with two attached hydrogens (primary N) is 1.